The number of hydrogen-bond acceptors (Lipinski definition) is 4. The minimum absolute atomic E-state index is 0.0901. The highest BCUT2D eigenvalue weighted by molar-refractivity contribution is 5.93. The summed E-state index contributed by atoms with van der Waals surface area (Å²) in [7, 11) is 3.12. The number of methoxy groups -OCH3 is 2. The van der Waals surface area contributed by atoms with Crippen LogP contribution in [0.15, 0.2) is 24.3 Å². The number of amides is 2. The average molecular weight is 399 g/mol. The van der Waals surface area contributed by atoms with Gasteiger partial charge in [-0.05, 0) is 73.8 Å². The highest BCUT2D eigenvalue weighted by Crippen LogP contribution is 2.61. The van der Waals surface area contributed by atoms with E-state index in [1.165, 1.54) is 44.6 Å². The SMILES string of the molecule is COc1cccc(/C=C/C(=O)NNC(=O)CC23CC4CC(CC(C4)C2)C3)c1OC. The summed E-state index contributed by atoms with van der Waals surface area (Å²) in [4.78, 5) is 24.7. The van der Waals surface area contributed by atoms with Crippen molar-refractivity contribution in [3.05, 3.63) is 29.8 Å². The van der Waals surface area contributed by atoms with Crippen molar-refractivity contribution in [3.8, 4) is 11.5 Å². The van der Waals surface area contributed by atoms with Crippen LogP contribution in [0.25, 0.3) is 6.08 Å². The van der Waals surface area contributed by atoms with Crippen molar-refractivity contribution >= 4 is 17.9 Å². The molecule has 2 amide bonds. The van der Waals surface area contributed by atoms with E-state index in [0.717, 1.165) is 23.3 Å². The predicted octanol–water partition coefficient (Wildman–Crippen LogP) is 3.47. The summed E-state index contributed by atoms with van der Waals surface area (Å²) >= 11 is 0. The molecule has 0 aromatic heterocycles. The topological polar surface area (TPSA) is 76.7 Å². The number of hydrazine groups is 1. The van der Waals surface area contributed by atoms with E-state index >= 15 is 0 Å². The van der Waals surface area contributed by atoms with E-state index in [1.54, 1.807) is 26.4 Å². The lowest BCUT2D eigenvalue weighted by Crippen LogP contribution is -2.49. The van der Waals surface area contributed by atoms with Gasteiger partial charge in [-0.3, -0.25) is 20.4 Å². The molecule has 0 atom stereocenters. The van der Waals surface area contributed by atoms with Crippen molar-refractivity contribution < 1.29 is 19.1 Å². The quantitative estimate of drug-likeness (QED) is 0.568. The van der Waals surface area contributed by atoms with Gasteiger partial charge < -0.3 is 9.47 Å². The van der Waals surface area contributed by atoms with Gasteiger partial charge in [0.15, 0.2) is 11.5 Å². The molecule has 0 unspecified atom stereocenters. The lowest BCUT2D eigenvalue weighted by Gasteiger charge is -2.56. The molecule has 4 saturated carbocycles. The zero-order valence-corrected chi connectivity index (χ0v) is 17.2. The fourth-order valence-electron chi connectivity index (χ4n) is 6.27. The van der Waals surface area contributed by atoms with Gasteiger partial charge in [-0.1, -0.05) is 12.1 Å². The Morgan fingerprint density at radius 3 is 2.28 bits per heavy atom. The standard InChI is InChI=1S/C23H30N2O4/c1-28-19-5-3-4-18(22(19)29-2)6-7-20(26)24-25-21(27)14-23-11-15-8-16(12-23)10-17(9-15)13-23/h3-7,15-17H,8-14H2,1-2H3,(H,24,26)(H,25,27)/b7-6+. The van der Waals surface area contributed by atoms with E-state index in [9.17, 15) is 9.59 Å². The van der Waals surface area contributed by atoms with Gasteiger partial charge >= 0.3 is 0 Å². The Bertz CT molecular complexity index is 782. The highest BCUT2D eigenvalue weighted by atomic mass is 16.5. The van der Waals surface area contributed by atoms with Gasteiger partial charge in [0, 0.05) is 18.1 Å². The normalized spacial score (nSPS) is 29.7. The van der Waals surface area contributed by atoms with Crippen LogP contribution in [0.4, 0.5) is 0 Å². The molecule has 5 rings (SSSR count). The second kappa shape index (κ2) is 8.09. The Kier molecular flexibility index (Phi) is 5.52. The van der Waals surface area contributed by atoms with Gasteiger partial charge in [0.25, 0.3) is 5.91 Å². The van der Waals surface area contributed by atoms with Crippen molar-refractivity contribution in [3.63, 3.8) is 0 Å². The Balaban J connectivity index is 1.30. The fourth-order valence-corrected chi connectivity index (χ4v) is 6.27. The molecule has 0 radical (unpaired) electrons. The minimum Gasteiger partial charge on any atom is -0.493 e. The summed E-state index contributed by atoms with van der Waals surface area (Å²) in [5.41, 5.74) is 5.99. The summed E-state index contributed by atoms with van der Waals surface area (Å²) in [6.45, 7) is 0. The van der Waals surface area contributed by atoms with Crippen molar-refractivity contribution in [2.75, 3.05) is 14.2 Å². The molecular formula is C23H30N2O4. The summed E-state index contributed by atoms with van der Waals surface area (Å²) < 4.78 is 10.6. The van der Waals surface area contributed by atoms with Crippen LogP contribution in [0.5, 0.6) is 11.5 Å². The van der Waals surface area contributed by atoms with Gasteiger partial charge in [-0.25, -0.2) is 0 Å². The highest BCUT2D eigenvalue weighted by Gasteiger charge is 2.51. The van der Waals surface area contributed by atoms with Gasteiger partial charge in [0.2, 0.25) is 5.91 Å². The second-order valence-corrected chi connectivity index (χ2v) is 9.05. The maximum Gasteiger partial charge on any atom is 0.262 e. The number of benzene rings is 1. The van der Waals surface area contributed by atoms with Crippen LogP contribution >= 0.6 is 0 Å². The Hall–Kier alpha value is -2.50. The van der Waals surface area contributed by atoms with E-state index < -0.39 is 0 Å². The Morgan fingerprint density at radius 1 is 1.03 bits per heavy atom. The van der Waals surface area contributed by atoms with Crippen LogP contribution in [0.3, 0.4) is 0 Å². The first-order valence-corrected chi connectivity index (χ1v) is 10.5. The second-order valence-electron chi connectivity index (χ2n) is 9.05. The molecule has 0 heterocycles. The van der Waals surface area contributed by atoms with Gasteiger partial charge in [-0.15, -0.1) is 0 Å². The molecule has 1 aromatic rings. The number of hydrogen-bond donors (Lipinski definition) is 2. The van der Waals surface area contributed by atoms with Gasteiger partial charge in [-0.2, -0.15) is 0 Å². The Labute approximate surface area is 172 Å². The van der Waals surface area contributed by atoms with Crippen LogP contribution in [-0.2, 0) is 9.59 Å². The number of rotatable bonds is 6. The molecule has 156 valence electrons. The number of carbonyl (C=O) groups is 2. The first kappa shape index (κ1) is 19.8. The van der Waals surface area contributed by atoms with Crippen molar-refractivity contribution in [2.45, 2.75) is 44.9 Å². The summed E-state index contributed by atoms with van der Waals surface area (Å²) in [6.07, 6.45) is 11.1. The van der Waals surface area contributed by atoms with Crippen LogP contribution in [-0.4, -0.2) is 26.0 Å². The van der Waals surface area contributed by atoms with Crippen molar-refractivity contribution in [1.29, 1.82) is 0 Å². The number of nitrogens with one attached hydrogen (secondary N) is 2. The van der Waals surface area contributed by atoms with E-state index in [-0.39, 0.29) is 17.2 Å². The molecule has 6 heteroatoms. The van der Waals surface area contributed by atoms with Crippen molar-refractivity contribution in [1.82, 2.24) is 10.9 Å². The largest absolute Gasteiger partial charge is 0.493 e. The maximum absolute atomic E-state index is 12.5. The van der Waals surface area contributed by atoms with E-state index in [4.69, 9.17) is 9.47 Å². The zero-order valence-electron chi connectivity index (χ0n) is 17.2. The zero-order chi connectivity index (χ0) is 20.4. The molecule has 0 aliphatic heterocycles. The number of para-hydroxylation sites is 1. The third-order valence-corrected chi connectivity index (χ3v) is 6.87. The monoisotopic (exact) mass is 398 g/mol. The van der Waals surface area contributed by atoms with E-state index in [2.05, 4.69) is 10.9 Å². The predicted molar refractivity (Wildman–Crippen MR) is 110 cm³/mol. The molecule has 4 aliphatic rings. The average Bonchev–Trinajstić information content (AvgIpc) is 2.68. The molecule has 2 N–H and O–H groups in total. The molecule has 4 bridgehead atoms. The smallest absolute Gasteiger partial charge is 0.262 e. The Morgan fingerprint density at radius 2 is 1.69 bits per heavy atom. The van der Waals surface area contributed by atoms with Gasteiger partial charge in [0.1, 0.15) is 0 Å². The first-order valence-electron chi connectivity index (χ1n) is 10.5. The third-order valence-electron chi connectivity index (χ3n) is 6.87. The molecule has 4 fully saturated rings. The van der Waals surface area contributed by atoms with Crippen LogP contribution < -0.4 is 20.3 Å². The molecule has 4 aliphatic carbocycles. The number of ether oxygens (including phenoxy) is 2. The summed E-state index contributed by atoms with van der Waals surface area (Å²) in [5, 5.41) is 0. The number of carbonyl (C=O) groups excluding carboxylic acids is 2. The maximum atomic E-state index is 12.5. The molecule has 0 saturated heterocycles. The fraction of sp³-hybridized carbons (Fsp3) is 0.565. The third kappa shape index (κ3) is 4.26. The van der Waals surface area contributed by atoms with E-state index in [0.29, 0.717) is 17.9 Å². The molecule has 6 nitrogen and oxygen atoms in total. The summed E-state index contributed by atoms with van der Waals surface area (Å²) in [5.74, 6) is 3.11. The van der Waals surface area contributed by atoms with Crippen LogP contribution in [0.2, 0.25) is 0 Å². The molecule has 0 spiro atoms. The van der Waals surface area contributed by atoms with Crippen LogP contribution in [0, 0.1) is 23.2 Å². The van der Waals surface area contributed by atoms with Crippen molar-refractivity contribution in [2.24, 2.45) is 23.2 Å². The first-order chi connectivity index (χ1) is 14.0. The van der Waals surface area contributed by atoms with Gasteiger partial charge in [0.05, 0.1) is 14.2 Å². The van der Waals surface area contributed by atoms with Crippen LogP contribution in [0.1, 0.15) is 50.5 Å². The molecule has 29 heavy (non-hydrogen) atoms. The van der Waals surface area contributed by atoms with E-state index in [1.807, 2.05) is 12.1 Å². The lowest BCUT2D eigenvalue weighted by molar-refractivity contribution is -0.133. The minimum atomic E-state index is -0.381. The summed E-state index contributed by atoms with van der Waals surface area (Å²) in [6, 6.07) is 5.45. The lowest BCUT2D eigenvalue weighted by atomic mass is 9.49. The molecule has 1 aromatic carbocycles. The molecular weight excluding hydrogens is 368 g/mol.